The predicted octanol–water partition coefficient (Wildman–Crippen LogP) is 3.79. The molecule has 2 aromatic heterocycles. The third-order valence-corrected chi connectivity index (χ3v) is 7.03. The summed E-state index contributed by atoms with van der Waals surface area (Å²) in [6.45, 7) is 3.42. The van der Waals surface area contributed by atoms with Gasteiger partial charge in [-0.3, -0.25) is 10.0 Å². The Morgan fingerprint density at radius 1 is 1.03 bits per heavy atom. The molecule has 0 radical (unpaired) electrons. The Balaban J connectivity index is 1.42. The fourth-order valence-electron chi connectivity index (χ4n) is 3.56. The molecule has 0 aliphatic carbocycles. The molecule has 0 unspecified atom stereocenters. The first kappa shape index (κ1) is 24.8. The fourth-order valence-corrected chi connectivity index (χ4v) is 4.77. The Labute approximate surface area is 208 Å². The van der Waals surface area contributed by atoms with E-state index in [2.05, 4.69) is 0 Å². The summed E-state index contributed by atoms with van der Waals surface area (Å²) in [5, 5.41) is 10.1. The highest BCUT2D eigenvalue weighted by Crippen LogP contribution is 2.23. The van der Waals surface area contributed by atoms with Gasteiger partial charge in [-0.1, -0.05) is 18.2 Å². The van der Waals surface area contributed by atoms with Crippen molar-refractivity contribution in [2.24, 2.45) is 0 Å². The number of sulfonamides is 1. The number of aryl methyl sites for hydroxylation is 2. The molecule has 2 heterocycles. The minimum atomic E-state index is -4.05. The van der Waals surface area contributed by atoms with Crippen LogP contribution < -0.4 is 18.9 Å². The van der Waals surface area contributed by atoms with Gasteiger partial charge in [0.05, 0.1) is 17.6 Å². The molecule has 186 valence electrons. The van der Waals surface area contributed by atoms with Crippen LogP contribution in [0, 0.1) is 13.8 Å². The highest BCUT2D eigenvalue weighted by molar-refractivity contribution is 7.90. The van der Waals surface area contributed by atoms with Crippen LogP contribution >= 0.6 is 0 Å². The van der Waals surface area contributed by atoms with Gasteiger partial charge in [-0.25, -0.2) is 13.1 Å². The van der Waals surface area contributed by atoms with Crippen molar-refractivity contribution < 1.29 is 37.0 Å². The second-order valence-electron chi connectivity index (χ2n) is 8.00. The lowest BCUT2D eigenvalue weighted by Crippen LogP contribution is -2.32. The van der Waals surface area contributed by atoms with Crippen LogP contribution in [0.4, 0.5) is 0 Å². The molecule has 4 rings (SSSR count). The highest BCUT2D eigenvalue weighted by atomic mass is 32.2. The predicted molar refractivity (Wildman–Crippen MR) is 129 cm³/mol. The number of benzene rings is 2. The van der Waals surface area contributed by atoms with Gasteiger partial charge in [-0.2, -0.15) is 0 Å². The molecule has 4 aromatic rings. The Morgan fingerprint density at radius 2 is 1.72 bits per heavy atom. The molecular weight excluding hydrogens is 484 g/mol. The number of ether oxygens (including phenoxy) is 2. The zero-order chi connectivity index (χ0) is 25.9. The first-order valence-electron chi connectivity index (χ1n) is 10.9. The molecule has 1 amide bonds. The summed E-state index contributed by atoms with van der Waals surface area (Å²) in [5.41, 5.74) is 2.46. The molecule has 0 saturated heterocycles. The largest absolute Gasteiger partial charge is 0.491 e. The van der Waals surface area contributed by atoms with Gasteiger partial charge in [0.15, 0.2) is 11.5 Å². The van der Waals surface area contributed by atoms with Crippen LogP contribution in [0.3, 0.4) is 0 Å². The molecule has 0 bridgehead atoms. The Morgan fingerprint density at radius 3 is 2.39 bits per heavy atom. The van der Waals surface area contributed by atoms with Crippen molar-refractivity contribution in [3.05, 3.63) is 95.6 Å². The van der Waals surface area contributed by atoms with Gasteiger partial charge in [0.25, 0.3) is 21.9 Å². The van der Waals surface area contributed by atoms with Crippen molar-refractivity contribution >= 4 is 15.9 Å². The molecule has 0 spiro atoms. The van der Waals surface area contributed by atoms with E-state index in [1.54, 1.807) is 68.4 Å². The van der Waals surface area contributed by atoms with Crippen LogP contribution in [-0.4, -0.2) is 26.6 Å². The van der Waals surface area contributed by atoms with E-state index >= 15 is 0 Å². The number of carbonyl (C=O) groups excluding carboxylic acids is 1. The molecule has 0 fully saturated rings. The van der Waals surface area contributed by atoms with Crippen LogP contribution in [0.25, 0.3) is 11.3 Å². The molecular formula is C26H25N2O7S+. The molecule has 0 atom stereocenters. The van der Waals surface area contributed by atoms with Crippen LogP contribution in [0.15, 0.2) is 82.2 Å². The molecule has 0 aliphatic rings. The number of furan rings is 1. The van der Waals surface area contributed by atoms with Gasteiger partial charge in [0.2, 0.25) is 0 Å². The van der Waals surface area contributed by atoms with E-state index in [4.69, 9.17) is 13.9 Å². The molecule has 36 heavy (non-hydrogen) atoms. The number of rotatable bonds is 8. The zero-order valence-electron chi connectivity index (χ0n) is 19.9. The summed E-state index contributed by atoms with van der Waals surface area (Å²) < 4.78 is 44.6. The number of nitrogens with one attached hydrogen (secondary N) is 1. The van der Waals surface area contributed by atoms with Crippen LogP contribution in [0.5, 0.6) is 11.5 Å². The molecule has 10 heteroatoms. The summed E-state index contributed by atoms with van der Waals surface area (Å²) in [6.07, 6.45) is 1.46. The number of carbonyl (C=O) groups is 1. The quantitative estimate of drug-likeness (QED) is 0.274. The smallest absolute Gasteiger partial charge is 0.300 e. The second-order valence-corrected chi connectivity index (χ2v) is 9.65. The van der Waals surface area contributed by atoms with Crippen LogP contribution in [0.2, 0.25) is 0 Å². The molecule has 9 nitrogen and oxygen atoms in total. The van der Waals surface area contributed by atoms with E-state index in [1.807, 2.05) is 4.72 Å². The van der Waals surface area contributed by atoms with E-state index in [1.165, 1.54) is 25.4 Å². The topological polar surface area (TPSA) is 119 Å². The number of methoxy groups -OCH3 is 1. The van der Waals surface area contributed by atoms with E-state index in [0.717, 1.165) is 10.3 Å². The van der Waals surface area contributed by atoms with Gasteiger partial charge >= 0.3 is 5.91 Å². The number of hydrogen-bond donors (Lipinski definition) is 2. The fraction of sp³-hybridized carbons (Fsp3) is 0.154. The van der Waals surface area contributed by atoms with Crippen molar-refractivity contribution in [1.82, 2.24) is 4.72 Å². The first-order valence-corrected chi connectivity index (χ1v) is 12.4. The van der Waals surface area contributed by atoms with Gasteiger partial charge < -0.3 is 13.9 Å². The van der Waals surface area contributed by atoms with Crippen molar-refractivity contribution in [3.8, 4) is 22.8 Å². The monoisotopic (exact) mass is 509 g/mol. The summed E-state index contributed by atoms with van der Waals surface area (Å²) >= 11 is 0. The van der Waals surface area contributed by atoms with Gasteiger partial charge in [-0.15, -0.1) is 0 Å². The Kier molecular flexibility index (Phi) is 6.98. The van der Waals surface area contributed by atoms with Crippen molar-refractivity contribution in [2.45, 2.75) is 25.3 Å². The Hall–Kier alpha value is -4.31. The second kappa shape index (κ2) is 10.1. The van der Waals surface area contributed by atoms with E-state index < -0.39 is 15.9 Å². The van der Waals surface area contributed by atoms with E-state index in [0.29, 0.717) is 34.1 Å². The lowest BCUT2D eigenvalue weighted by atomic mass is 10.1. The summed E-state index contributed by atoms with van der Waals surface area (Å²) in [7, 11) is -2.53. The molecule has 0 saturated carbocycles. The minimum absolute atomic E-state index is 0.0231. The maximum atomic E-state index is 12.6. The maximum absolute atomic E-state index is 12.6. The van der Waals surface area contributed by atoms with Crippen molar-refractivity contribution in [1.29, 1.82) is 0 Å². The maximum Gasteiger partial charge on any atom is 0.300 e. The molecule has 2 N–H and O–H groups in total. The lowest BCUT2D eigenvalue weighted by molar-refractivity contribution is -0.896. The molecule has 0 aliphatic heterocycles. The normalized spacial score (nSPS) is 11.2. The van der Waals surface area contributed by atoms with Crippen LogP contribution in [-0.2, 0) is 16.6 Å². The average Bonchev–Trinajstić information content (AvgIpc) is 3.23. The number of pyridine rings is 1. The number of aromatic nitrogens is 1. The van der Waals surface area contributed by atoms with Crippen molar-refractivity contribution in [2.75, 3.05) is 7.11 Å². The van der Waals surface area contributed by atoms with E-state index in [9.17, 15) is 18.4 Å². The number of amides is 1. The lowest BCUT2D eigenvalue weighted by Gasteiger charge is -2.07. The third kappa shape index (κ3) is 5.33. The van der Waals surface area contributed by atoms with Gasteiger partial charge in [0.1, 0.15) is 18.1 Å². The Bertz CT molecular complexity index is 1510. The van der Waals surface area contributed by atoms with Gasteiger partial charge in [-0.05, 0) is 61.9 Å². The first-order chi connectivity index (χ1) is 17.2. The summed E-state index contributed by atoms with van der Waals surface area (Å²) in [5.74, 6) is 0.520. The number of nitrogens with zero attached hydrogens (tertiary/aromatic N) is 1. The minimum Gasteiger partial charge on any atom is -0.491 e. The number of hydrogen-bond acceptors (Lipinski definition) is 7. The summed E-state index contributed by atoms with van der Waals surface area (Å²) in [4.78, 5) is 12.6. The van der Waals surface area contributed by atoms with Crippen LogP contribution in [0.1, 0.15) is 27.4 Å². The molecule has 2 aromatic carbocycles. The SMILES string of the molecule is COc1ccc(-c2ccc(OCc3cc(C(=O)NS(=O)(=O)c4ccccc4C)oc3C)cc2)[n+](O)c1. The standard InChI is InChI=1S/C26H24N2O7S/c1-17-6-4-5-7-25(17)36(31,32)27-26(29)24-14-20(18(2)35-24)16-34-21-10-8-19(9-11-21)23-13-12-22(33-3)15-28(23)30/h4-15H,16H2,1-3H3,(H-,27,29,30)/p+1. The van der Waals surface area contributed by atoms with E-state index in [-0.39, 0.29) is 17.3 Å². The van der Waals surface area contributed by atoms with Crippen molar-refractivity contribution in [3.63, 3.8) is 0 Å². The third-order valence-electron chi connectivity index (χ3n) is 5.54. The summed E-state index contributed by atoms with van der Waals surface area (Å²) in [6, 6.07) is 18.4. The van der Waals surface area contributed by atoms with Gasteiger partial charge in [0, 0.05) is 16.4 Å². The zero-order valence-corrected chi connectivity index (χ0v) is 20.7. The highest BCUT2D eigenvalue weighted by Gasteiger charge is 2.23. The average molecular weight is 510 g/mol.